The van der Waals surface area contributed by atoms with Crippen molar-refractivity contribution in [1.82, 2.24) is 5.32 Å². The van der Waals surface area contributed by atoms with E-state index < -0.39 is 0 Å². The SMILES string of the molecule is NC(=O)CN[C@H]1CC1c1ccc(OCCc2ccccc2)cc1. The molecule has 2 aromatic carbocycles. The standard InChI is InChI=1S/C19H22N2O2/c20-19(22)13-21-18-12-17(18)15-6-8-16(9-7-15)23-11-10-14-4-2-1-3-5-14/h1-9,17-18,21H,10-13H2,(H2,20,22)/t17?,18-/m0/s1. The van der Waals surface area contributed by atoms with Gasteiger partial charge in [0.25, 0.3) is 0 Å². The molecule has 120 valence electrons. The molecule has 0 aliphatic heterocycles. The zero-order chi connectivity index (χ0) is 16.1. The van der Waals surface area contributed by atoms with Crippen molar-refractivity contribution in [3.05, 3.63) is 65.7 Å². The second-order valence-corrected chi connectivity index (χ2v) is 5.95. The molecular weight excluding hydrogens is 288 g/mol. The van der Waals surface area contributed by atoms with Gasteiger partial charge in [-0.05, 0) is 29.7 Å². The molecule has 1 fully saturated rings. The number of carbonyl (C=O) groups is 1. The Balaban J connectivity index is 1.44. The van der Waals surface area contributed by atoms with E-state index in [9.17, 15) is 4.79 Å². The molecule has 1 aliphatic rings. The molecule has 1 saturated carbocycles. The normalized spacial score (nSPS) is 19.3. The summed E-state index contributed by atoms with van der Waals surface area (Å²) in [6, 6.07) is 18.9. The Bertz CT molecular complexity index is 640. The number of nitrogens with one attached hydrogen (secondary N) is 1. The van der Waals surface area contributed by atoms with Gasteiger partial charge in [0.1, 0.15) is 5.75 Å². The average Bonchev–Trinajstić information content (AvgIpc) is 3.34. The minimum Gasteiger partial charge on any atom is -0.493 e. The number of rotatable bonds is 8. The van der Waals surface area contributed by atoms with Gasteiger partial charge in [0.2, 0.25) is 5.91 Å². The largest absolute Gasteiger partial charge is 0.493 e. The summed E-state index contributed by atoms with van der Waals surface area (Å²) in [4.78, 5) is 10.8. The maximum atomic E-state index is 10.8. The van der Waals surface area contributed by atoms with Gasteiger partial charge in [0.15, 0.2) is 0 Å². The van der Waals surface area contributed by atoms with Gasteiger partial charge in [-0.25, -0.2) is 0 Å². The van der Waals surface area contributed by atoms with Crippen LogP contribution in [0.3, 0.4) is 0 Å². The first kappa shape index (κ1) is 15.6. The Labute approximate surface area is 136 Å². The summed E-state index contributed by atoms with van der Waals surface area (Å²) in [5, 5.41) is 3.17. The van der Waals surface area contributed by atoms with Crippen molar-refractivity contribution in [3.63, 3.8) is 0 Å². The molecule has 23 heavy (non-hydrogen) atoms. The van der Waals surface area contributed by atoms with Gasteiger partial charge in [0, 0.05) is 18.4 Å². The second kappa shape index (κ2) is 7.29. The van der Waals surface area contributed by atoms with Crippen LogP contribution >= 0.6 is 0 Å². The molecule has 0 heterocycles. The molecule has 1 amide bonds. The minimum atomic E-state index is -0.308. The van der Waals surface area contributed by atoms with E-state index in [0.29, 0.717) is 18.6 Å². The number of hydrogen-bond donors (Lipinski definition) is 2. The Morgan fingerprint density at radius 2 is 1.87 bits per heavy atom. The first-order valence-electron chi connectivity index (χ1n) is 8.01. The second-order valence-electron chi connectivity index (χ2n) is 5.95. The lowest BCUT2D eigenvalue weighted by atomic mass is 10.1. The average molecular weight is 310 g/mol. The Kier molecular flexibility index (Phi) is 4.93. The lowest BCUT2D eigenvalue weighted by Crippen LogP contribution is -2.30. The third-order valence-corrected chi connectivity index (χ3v) is 4.14. The highest BCUT2D eigenvalue weighted by Gasteiger charge is 2.37. The van der Waals surface area contributed by atoms with Crippen LogP contribution in [0.2, 0.25) is 0 Å². The predicted molar refractivity (Wildman–Crippen MR) is 90.4 cm³/mol. The fourth-order valence-corrected chi connectivity index (χ4v) is 2.76. The van der Waals surface area contributed by atoms with E-state index >= 15 is 0 Å². The molecule has 2 atom stereocenters. The van der Waals surface area contributed by atoms with Crippen LogP contribution in [0.5, 0.6) is 5.75 Å². The first-order valence-corrected chi connectivity index (χ1v) is 8.01. The van der Waals surface area contributed by atoms with Crippen LogP contribution < -0.4 is 15.8 Å². The molecule has 4 heteroatoms. The van der Waals surface area contributed by atoms with Crippen LogP contribution in [0.4, 0.5) is 0 Å². The van der Waals surface area contributed by atoms with Crippen LogP contribution in [-0.2, 0) is 11.2 Å². The molecule has 4 nitrogen and oxygen atoms in total. The monoisotopic (exact) mass is 310 g/mol. The molecule has 0 aromatic heterocycles. The summed E-state index contributed by atoms with van der Waals surface area (Å²) in [6.07, 6.45) is 1.96. The zero-order valence-corrected chi connectivity index (χ0v) is 13.1. The van der Waals surface area contributed by atoms with Crippen molar-refractivity contribution in [2.75, 3.05) is 13.2 Å². The van der Waals surface area contributed by atoms with Crippen molar-refractivity contribution in [2.45, 2.75) is 24.8 Å². The quantitative estimate of drug-likeness (QED) is 0.786. The number of nitrogens with two attached hydrogens (primary N) is 1. The highest BCUT2D eigenvalue weighted by atomic mass is 16.5. The molecule has 0 spiro atoms. The third kappa shape index (κ3) is 4.57. The van der Waals surface area contributed by atoms with E-state index in [-0.39, 0.29) is 12.5 Å². The first-order chi connectivity index (χ1) is 11.2. The molecule has 3 rings (SSSR count). The zero-order valence-electron chi connectivity index (χ0n) is 13.1. The lowest BCUT2D eigenvalue weighted by Gasteiger charge is -2.07. The van der Waals surface area contributed by atoms with Crippen molar-refractivity contribution < 1.29 is 9.53 Å². The number of benzene rings is 2. The summed E-state index contributed by atoms with van der Waals surface area (Å²) in [6.45, 7) is 0.928. The van der Waals surface area contributed by atoms with Gasteiger partial charge in [-0.1, -0.05) is 42.5 Å². The van der Waals surface area contributed by atoms with Crippen LogP contribution in [0.25, 0.3) is 0 Å². The Morgan fingerprint density at radius 1 is 1.13 bits per heavy atom. The van der Waals surface area contributed by atoms with Gasteiger partial charge < -0.3 is 15.8 Å². The van der Waals surface area contributed by atoms with Gasteiger partial charge in [0.05, 0.1) is 13.2 Å². The molecule has 0 saturated heterocycles. The molecular formula is C19H22N2O2. The highest BCUT2D eigenvalue weighted by Crippen LogP contribution is 2.41. The lowest BCUT2D eigenvalue weighted by molar-refractivity contribution is -0.117. The Hall–Kier alpha value is -2.33. The van der Waals surface area contributed by atoms with Gasteiger partial charge in [-0.15, -0.1) is 0 Å². The number of ether oxygens (including phenoxy) is 1. The van der Waals surface area contributed by atoms with Crippen molar-refractivity contribution in [2.24, 2.45) is 5.73 Å². The summed E-state index contributed by atoms with van der Waals surface area (Å²) in [5.41, 5.74) is 7.71. The number of primary amides is 1. The fourth-order valence-electron chi connectivity index (χ4n) is 2.76. The smallest absolute Gasteiger partial charge is 0.231 e. The van der Waals surface area contributed by atoms with E-state index in [4.69, 9.17) is 10.5 Å². The van der Waals surface area contributed by atoms with Gasteiger partial charge >= 0.3 is 0 Å². The molecule has 0 radical (unpaired) electrons. The van der Waals surface area contributed by atoms with Gasteiger partial charge in [-0.3, -0.25) is 4.79 Å². The molecule has 3 N–H and O–H groups in total. The summed E-state index contributed by atoms with van der Waals surface area (Å²) in [5.74, 6) is 1.07. The maximum absolute atomic E-state index is 10.8. The van der Waals surface area contributed by atoms with E-state index in [1.807, 2.05) is 30.3 Å². The number of amides is 1. The van der Waals surface area contributed by atoms with Crippen LogP contribution in [0, 0.1) is 0 Å². The Morgan fingerprint density at radius 3 is 2.57 bits per heavy atom. The van der Waals surface area contributed by atoms with E-state index in [1.165, 1.54) is 11.1 Å². The maximum Gasteiger partial charge on any atom is 0.231 e. The van der Waals surface area contributed by atoms with E-state index in [0.717, 1.165) is 18.6 Å². The number of carbonyl (C=O) groups excluding carboxylic acids is 1. The fraction of sp³-hybridized carbons (Fsp3) is 0.316. The molecule has 1 unspecified atom stereocenters. The molecule has 2 aromatic rings. The number of hydrogen-bond acceptors (Lipinski definition) is 3. The van der Waals surface area contributed by atoms with Gasteiger partial charge in [-0.2, -0.15) is 0 Å². The topological polar surface area (TPSA) is 64.4 Å². The summed E-state index contributed by atoms with van der Waals surface area (Å²) < 4.78 is 5.79. The summed E-state index contributed by atoms with van der Waals surface area (Å²) in [7, 11) is 0. The van der Waals surface area contributed by atoms with Crippen molar-refractivity contribution in [1.29, 1.82) is 0 Å². The van der Waals surface area contributed by atoms with E-state index in [2.05, 4.69) is 29.6 Å². The predicted octanol–water partition coefficient (Wildman–Crippen LogP) is 2.24. The van der Waals surface area contributed by atoms with Crippen molar-refractivity contribution in [3.8, 4) is 5.75 Å². The van der Waals surface area contributed by atoms with Crippen LogP contribution in [-0.4, -0.2) is 25.1 Å². The van der Waals surface area contributed by atoms with Crippen molar-refractivity contribution >= 4 is 5.91 Å². The molecule has 0 bridgehead atoms. The highest BCUT2D eigenvalue weighted by molar-refractivity contribution is 5.76. The third-order valence-electron chi connectivity index (χ3n) is 4.14. The van der Waals surface area contributed by atoms with Crippen LogP contribution in [0.1, 0.15) is 23.5 Å². The molecule has 1 aliphatic carbocycles. The minimum absolute atomic E-state index is 0.252. The van der Waals surface area contributed by atoms with E-state index in [1.54, 1.807) is 0 Å². The summed E-state index contributed by atoms with van der Waals surface area (Å²) >= 11 is 0. The van der Waals surface area contributed by atoms with Crippen LogP contribution in [0.15, 0.2) is 54.6 Å².